The van der Waals surface area contributed by atoms with Crippen molar-refractivity contribution in [2.75, 3.05) is 18.1 Å². The summed E-state index contributed by atoms with van der Waals surface area (Å²) in [7, 11) is -3.14. The SMILES string of the molecule is CC1(C)CC(O)(C2(N)CCCS(=O)(=O)C2)CO1. The van der Waals surface area contributed by atoms with Gasteiger partial charge in [0.15, 0.2) is 9.84 Å². The second-order valence-electron chi connectivity index (χ2n) is 6.11. The van der Waals surface area contributed by atoms with Crippen LogP contribution in [0.1, 0.15) is 33.1 Å². The summed E-state index contributed by atoms with van der Waals surface area (Å²) in [6.07, 6.45) is 1.43. The molecule has 3 N–H and O–H groups in total. The number of aliphatic hydroxyl groups is 1. The summed E-state index contributed by atoms with van der Waals surface area (Å²) in [6, 6.07) is 0. The fourth-order valence-electron chi connectivity index (χ4n) is 2.95. The molecule has 2 aliphatic heterocycles. The maximum Gasteiger partial charge on any atom is 0.152 e. The van der Waals surface area contributed by atoms with E-state index in [-0.39, 0.29) is 18.1 Å². The van der Waals surface area contributed by atoms with E-state index < -0.39 is 26.6 Å². The fourth-order valence-corrected chi connectivity index (χ4v) is 4.88. The average molecular weight is 263 g/mol. The molecule has 0 aromatic rings. The van der Waals surface area contributed by atoms with Gasteiger partial charge in [0.1, 0.15) is 5.60 Å². The van der Waals surface area contributed by atoms with Crippen LogP contribution in [0.2, 0.25) is 0 Å². The van der Waals surface area contributed by atoms with E-state index in [1.807, 2.05) is 13.8 Å². The molecule has 0 amide bonds. The van der Waals surface area contributed by atoms with Crippen molar-refractivity contribution in [3.63, 3.8) is 0 Å². The van der Waals surface area contributed by atoms with Crippen LogP contribution in [0, 0.1) is 0 Å². The van der Waals surface area contributed by atoms with E-state index in [0.717, 1.165) is 0 Å². The number of nitrogens with two attached hydrogens (primary N) is 1. The maximum atomic E-state index is 11.7. The zero-order valence-electron chi connectivity index (χ0n) is 10.4. The Bertz CT molecular complexity index is 419. The van der Waals surface area contributed by atoms with Gasteiger partial charge in [0.25, 0.3) is 0 Å². The summed E-state index contributed by atoms with van der Waals surface area (Å²) in [5.74, 6) is 0.0300. The maximum absolute atomic E-state index is 11.7. The van der Waals surface area contributed by atoms with E-state index in [2.05, 4.69) is 0 Å². The van der Waals surface area contributed by atoms with Crippen molar-refractivity contribution in [1.82, 2.24) is 0 Å². The lowest BCUT2D eigenvalue weighted by atomic mass is 9.75. The third kappa shape index (κ3) is 2.36. The molecule has 6 heteroatoms. The van der Waals surface area contributed by atoms with Gasteiger partial charge < -0.3 is 15.6 Å². The summed E-state index contributed by atoms with van der Waals surface area (Å²) in [4.78, 5) is 0. The average Bonchev–Trinajstić information content (AvgIpc) is 2.40. The Balaban J connectivity index is 2.27. The molecule has 0 radical (unpaired) electrons. The zero-order valence-corrected chi connectivity index (χ0v) is 11.2. The van der Waals surface area contributed by atoms with Gasteiger partial charge in [-0.2, -0.15) is 0 Å². The number of sulfone groups is 1. The van der Waals surface area contributed by atoms with E-state index in [1.54, 1.807) is 0 Å². The Morgan fingerprint density at radius 1 is 1.35 bits per heavy atom. The van der Waals surface area contributed by atoms with Gasteiger partial charge in [-0.1, -0.05) is 0 Å². The first-order valence-electron chi connectivity index (χ1n) is 5.93. The van der Waals surface area contributed by atoms with Crippen LogP contribution in [-0.2, 0) is 14.6 Å². The highest BCUT2D eigenvalue weighted by atomic mass is 32.2. The number of ether oxygens (including phenoxy) is 1. The molecule has 2 unspecified atom stereocenters. The van der Waals surface area contributed by atoms with E-state index in [4.69, 9.17) is 10.5 Å². The predicted molar refractivity (Wildman–Crippen MR) is 64.4 cm³/mol. The van der Waals surface area contributed by atoms with Gasteiger partial charge >= 0.3 is 0 Å². The van der Waals surface area contributed by atoms with Crippen molar-refractivity contribution >= 4 is 9.84 Å². The molecule has 100 valence electrons. The number of hydrogen-bond acceptors (Lipinski definition) is 5. The molecule has 2 rings (SSSR count). The molecule has 17 heavy (non-hydrogen) atoms. The zero-order chi connectivity index (χ0) is 12.9. The minimum Gasteiger partial charge on any atom is -0.385 e. The molecule has 0 bridgehead atoms. The number of hydrogen-bond donors (Lipinski definition) is 2. The van der Waals surface area contributed by atoms with Crippen molar-refractivity contribution in [1.29, 1.82) is 0 Å². The summed E-state index contributed by atoms with van der Waals surface area (Å²) >= 11 is 0. The van der Waals surface area contributed by atoms with Crippen molar-refractivity contribution in [2.24, 2.45) is 5.73 Å². The third-order valence-corrected chi connectivity index (χ3v) is 5.77. The highest BCUT2D eigenvalue weighted by molar-refractivity contribution is 7.91. The van der Waals surface area contributed by atoms with Crippen molar-refractivity contribution in [3.05, 3.63) is 0 Å². The van der Waals surface area contributed by atoms with Crippen LogP contribution >= 0.6 is 0 Å². The molecular weight excluding hydrogens is 242 g/mol. The van der Waals surface area contributed by atoms with E-state index >= 15 is 0 Å². The third-order valence-electron chi connectivity index (χ3n) is 3.90. The molecule has 0 aromatic heterocycles. The molecule has 2 atom stereocenters. The Morgan fingerprint density at radius 2 is 2.00 bits per heavy atom. The van der Waals surface area contributed by atoms with Gasteiger partial charge in [0.05, 0.1) is 29.3 Å². The fraction of sp³-hybridized carbons (Fsp3) is 1.00. The molecule has 2 saturated heterocycles. The van der Waals surface area contributed by atoms with Crippen LogP contribution in [0.4, 0.5) is 0 Å². The Labute approximate surface area is 102 Å². The van der Waals surface area contributed by atoms with Gasteiger partial charge in [-0.15, -0.1) is 0 Å². The standard InChI is InChI=1S/C11H21NO4S/c1-9(2)6-11(13,7-16-9)10(12)4-3-5-17(14,15)8-10/h13H,3-8,12H2,1-2H3. The first kappa shape index (κ1) is 13.3. The van der Waals surface area contributed by atoms with E-state index in [9.17, 15) is 13.5 Å². The van der Waals surface area contributed by atoms with Crippen molar-refractivity contribution < 1.29 is 18.3 Å². The van der Waals surface area contributed by atoms with Crippen LogP contribution in [-0.4, -0.2) is 48.4 Å². The van der Waals surface area contributed by atoms with E-state index in [1.165, 1.54) is 0 Å². The predicted octanol–water partition coefficient (Wildman–Crippen LogP) is -0.177. The Hall–Kier alpha value is -0.170. The molecule has 0 aliphatic carbocycles. The minimum absolute atomic E-state index is 0.117. The van der Waals surface area contributed by atoms with Crippen LogP contribution in [0.5, 0.6) is 0 Å². The smallest absolute Gasteiger partial charge is 0.152 e. The highest BCUT2D eigenvalue weighted by Crippen LogP contribution is 2.42. The van der Waals surface area contributed by atoms with Crippen LogP contribution in [0.3, 0.4) is 0 Å². The largest absolute Gasteiger partial charge is 0.385 e. The monoisotopic (exact) mass is 263 g/mol. The van der Waals surface area contributed by atoms with Crippen LogP contribution in [0.25, 0.3) is 0 Å². The molecule has 5 nitrogen and oxygen atoms in total. The highest BCUT2D eigenvalue weighted by Gasteiger charge is 2.57. The van der Waals surface area contributed by atoms with Gasteiger partial charge in [-0.25, -0.2) is 8.42 Å². The molecule has 0 aromatic carbocycles. The van der Waals surface area contributed by atoms with Crippen molar-refractivity contribution in [2.45, 2.75) is 49.9 Å². The van der Waals surface area contributed by atoms with Gasteiger partial charge in [-0.05, 0) is 26.7 Å². The van der Waals surface area contributed by atoms with Crippen LogP contribution < -0.4 is 5.73 Å². The lowest BCUT2D eigenvalue weighted by Crippen LogP contribution is -2.66. The summed E-state index contributed by atoms with van der Waals surface area (Å²) in [6.45, 7) is 3.88. The van der Waals surface area contributed by atoms with Gasteiger partial charge in [-0.3, -0.25) is 0 Å². The molecule has 0 saturated carbocycles. The summed E-state index contributed by atoms with van der Waals surface area (Å²) < 4.78 is 28.9. The first-order chi connectivity index (χ1) is 7.58. The summed E-state index contributed by atoms with van der Waals surface area (Å²) in [5.41, 5.74) is 3.44. The molecule has 2 heterocycles. The second kappa shape index (κ2) is 3.66. The minimum atomic E-state index is -3.14. The quantitative estimate of drug-likeness (QED) is 0.685. The first-order valence-corrected chi connectivity index (χ1v) is 7.75. The Morgan fingerprint density at radius 3 is 2.47 bits per heavy atom. The Kier molecular flexibility index (Phi) is 2.86. The van der Waals surface area contributed by atoms with Gasteiger partial charge in [0.2, 0.25) is 0 Å². The lowest BCUT2D eigenvalue weighted by Gasteiger charge is -2.44. The van der Waals surface area contributed by atoms with Crippen LogP contribution in [0.15, 0.2) is 0 Å². The van der Waals surface area contributed by atoms with E-state index in [0.29, 0.717) is 19.3 Å². The molecule has 0 spiro atoms. The number of rotatable bonds is 1. The van der Waals surface area contributed by atoms with Gasteiger partial charge in [0, 0.05) is 6.42 Å². The molecule has 2 fully saturated rings. The molecule has 2 aliphatic rings. The normalized spacial score (nSPS) is 44.7. The molecular formula is C11H21NO4S. The van der Waals surface area contributed by atoms with Crippen molar-refractivity contribution in [3.8, 4) is 0 Å². The topological polar surface area (TPSA) is 89.6 Å². The second-order valence-corrected chi connectivity index (χ2v) is 8.29. The summed E-state index contributed by atoms with van der Waals surface area (Å²) in [5, 5.41) is 10.6. The lowest BCUT2D eigenvalue weighted by molar-refractivity contribution is -0.0407.